The van der Waals surface area contributed by atoms with Crippen LogP contribution in [0.3, 0.4) is 0 Å². The van der Waals surface area contributed by atoms with Crippen molar-refractivity contribution in [3.8, 4) is 6.07 Å². The molecule has 2 aromatic carbocycles. The number of benzene rings is 2. The molecule has 3 aromatic rings. The molecule has 0 fully saturated rings. The number of rotatable bonds is 2. The summed E-state index contributed by atoms with van der Waals surface area (Å²) >= 11 is 0. The Kier molecular flexibility index (Phi) is 3.48. The third-order valence-electron chi connectivity index (χ3n) is 3.65. The van der Waals surface area contributed by atoms with E-state index in [1.165, 1.54) is 17.7 Å². The highest BCUT2D eigenvalue weighted by Gasteiger charge is 2.09. The van der Waals surface area contributed by atoms with E-state index in [4.69, 9.17) is 0 Å². The number of aromatic nitrogens is 2. The second kappa shape index (κ2) is 5.45. The minimum atomic E-state index is -0.301. The number of allylic oxidation sites excluding steroid dienone is 1. The van der Waals surface area contributed by atoms with E-state index in [2.05, 4.69) is 16.0 Å². The predicted molar refractivity (Wildman–Crippen MR) is 85.5 cm³/mol. The van der Waals surface area contributed by atoms with E-state index in [1.54, 1.807) is 18.2 Å². The van der Waals surface area contributed by atoms with Crippen molar-refractivity contribution < 1.29 is 4.39 Å². The molecule has 1 aromatic heterocycles. The number of aryl methyl sites for hydroxylation is 2. The van der Waals surface area contributed by atoms with Gasteiger partial charge in [-0.1, -0.05) is 12.1 Å². The molecule has 1 N–H and O–H groups in total. The highest BCUT2D eigenvalue weighted by molar-refractivity contribution is 5.90. The summed E-state index contributed by atoms with van der Waals surface area (Å²) < 4.78 is 12.9. The van der Waals surface area contributed by atoms with E-state index in [0.717, 1.165) is 22.2 Å². The van der Waals surface area contributed by atoms with Crippen LogP contribution < -0.4 is 0 Å². The molecule has 0 bridgehead atoms. The van der Waals surface area contributed by atoms with Crippen LogP contribution in [-0.4, -0.2) is 9.97 Å². The highest BCUT2D eigenvalue weighted by Crippen LogP contribution is 2.22. The summed E-state index contributed by atoms with van der Waals surface area (Å²) in [5.74, 6) is 0.220. The van der Waals surface area contributed by atoms with Gasteiger partial charge in [0.05, 0.1) is 16.6 Å². The molecular formula is C18H14FN3. The Morgan fingerprint density at radius 1 is 1.18 bits per heavy atom. The van der Waals surface area contributed by atoms with Gasteiger partial charge in [-0.2, -0.15) is 5.26 Å². The number of nitrogens with zero attached hydrogens (tertiary/aromatic N) is 2. The molecule has 3 nitrogen and oxygen atoms in total. The van der Waals surface area contributed by atoms with E-state index in [-0.39, 0.29) is 5.82 Å². The van der Waals surface area contributed by atoms with E-state index in [0.29, 0.717) is 11.4 Å². The van der Waals surface area contributed by atoms with Crippen molar-refractivity contribution in [2.45, 2.75) is 13.8 Å². The summed E-state index contributed by atoms with van der Waals surface area (Å²) in [6, 6.07) is 12.2. The Morgan fingerprint density at radius 3 is 2.55 bits per heavy atom. The average molecular weight is 291 g/mol. The molecule has 0 saturated carbocycles. The van der Waals surface area contributed by atoms with Gasteiger partial charge in [-0.25, -0.2) is 9.37 Å². The van der Waals surface area contributed by atoms with E-state index in [9.17, 15) is 9.65 Å². The van der Waals surface area contributed by atoms with E-state index >= 15 is 0 Å². The first-order chi connectivity index (χ1) is 10.6. The number of H-pyrrole nitrogens is 1. The Bertz CT molecular complexity index is 873. The second-order valence-corrected chi connectivity index (χ2v) is 5.26. The summed E-state index contributed by atoms with van der Waals surface area (Å²) in [5.41, 5.74) is 5.23. The van der Waals surface area contributed by atoms with Crippen molar-refractivity contribution in [3.63, 3.8) is 0 Å². The number of aromatic amines is 1. The lowest BCUT2D eigenvalue weighted by Crippen LogP contribution is -1.85. The fourth-order valence-corrected chi connectivity index (χ4v) is 2.28. The van der Waals surface area contributed by atoms with Crippen LogP contribution in [0.15, 0.2) is 36.4 Å². The largest absolute Gasteiger partial charge is 0.337 e. The van der Waals surface area contributed by atoms with Crippen molar-refractivity contribution in [2.75, 3.05) is 0 Å². The molecule has 0 amide bonds. The molecule has 0 aliphatic carbocycles. The van der Waals surface area contributed by atoms with Gasteiger partial charge < -0.3 is 4.98 Å². The minimum Gasteiger partial charge on any atom is -0.337 e. The molecule has 0 radical (unpaired) electrons. The van der Waals surface area contributed by atoms with Gasteiger partial charge in [-0.15, -0.1) is 0 Å². The number of fused-ring (bicyclic) bond motifs is 1. The zero-order valence-electron chi connectivity index (χ0n) is 12.3. The monoisotopic (exact) mass is 291 g/mol. The minimum absolute atomic E-state index is 0.301. The van der Waals surface area contributed by atoms with Crippen LogP contribution in [0.1, 0.15) is 22.5 Å². The number of hydrogen-bond donors (Lipinski definition) is 1. The number of imidazole rings is 1. The third-order valence-corrected chi connectivity index (χ3v) is 3.65. The molecule has 0 unspecified atom stereocenters. The predicted octanol–water partition coefficient (Wildman–Crippen LogP) is 4.38. The van der Waals surface area contributed by atoms with Gasteiger partial charge >= 0.3 is 0 Å². The van der Waals surface area contributed by atoms with E-state index < -0.39 is 0 Å². The SMILES string of the molecule is Cc1cc2nc(/C(C#N)=C\c3ccc(F)cc3)[nH]c2cc1C. The summed E-state index contributed by atoms with van der Waals surface area (Å²) in [5, 5.41) is 9.38. The average Bonchev–Trinajstić information content (AvgIpc) is 2.89. The molecule has 108 valence electrons. The Labute approximate surface area is 127 Å². The first-order valence-corrected chi connectivity index (χ1v) is 6.91. The first-order valence-electron chi connectivity index (χ1n) is 6.91. The van der Waals surface area contributed by atoms with Gasteiger partial charge in [0.2, 0.25) is 0 Å². The summed E-state index contributed by atoms with van der Waals surface area (Å²) in [4.78, 5) is 7.65. The van der Waals surface area contributed by atoms with Crippen LogP contribution in [0.25, 0.3) is 22.7 Å². The zero-order chi connectivity index (χ0) is 15.7. The molecule has 0 atom stereocenters. The van der Waals surface area contributed by atoms with Crippen LogP contribution in [0.2, 0.25) is 0 Å². The Morgan fingerprint density at radius 2 is 1.86 bits per heavy atom. The standard InChI is InChI=1S/C18H14FN3/c1-11-7-16-17(8-12(11)2)22-18(21-16)14(10-20)9-13-3-5-15(19)6-4-13/h3-9H,1-2H3,(H,21,22)/b14-9-. The number of nitrogens with one attached hydrogen (secondary N) is 1. The Hall–Kier alpha value is -2.93. The van der Waals surface area contributed by atoms with Gasteiger partial charge in [0, 0.05) is 0 Å². The maximum atomic E-state index is 12.9. The van der Waals surface area contributed by atoms with Gasteiger partial charge in [0.15, 0.2) is 0 Å². The normalized spacial score (nSPS) is 11.6. The fourth-order valence-electron chi connectivity index (χ4n) is 2.28. The molecule has 3 rings (SSSR count). The highest BCUT2D eigenvalue weighted by atomic mass is 19.1. The first kappa shape index (κ1) is 14.0. The van der Waals surface area contributed by atoms with Gasteiger partial charge in [-0.3, -0.25) is 0 Å². The number of nitriles is 1. The molecule has 1 heterocycles. The molecule has 0 aliphatic rings. The maximum Gasteiger partial charge on any atom is 0.149 e. The van der Waals surface area contributed by atoms with Crippen LogP contribution in [0.4, 0.5) is 4.39 Å². The summed E-state index contributed by atoms with van der Waals surface area (Å²) in [6.45, 7) is 4.07. The van der Waals surface area contributed by atoms with Crippen molar-refractivity contribution in [3.05, 3.63) is 64.7 Å². The third kappa shape index (κ3) is 2.61. The molecule has 0 aliphatic heterocycles. The second-order valence-electron chi connectivity index (χ2n) is 5.26. The van der Waals surface area contributed by atoms with Crippen molar-refractivity contribution in [1.29, 1.82) is 5.26 Å². The Balaban J connectivity index is 2.07. The van der Waals surface area contributed by atoms with Crippen LogP contribution in [0.5, 0.6) is 0 Å². The lowest BCUT2D eigenvalue weighted by atomic mass is 10.1. The fraction of sp³-hybridized carbons (Fsp3) is 0.111. The van der Waals surface area contributed by atoms with Crippen molar-refractivity contribution in [2.24, 2.45) is 0 Å². The summed E-state index contributed by atoms with van der Waals surface area (Å²) in [7, 11) is 0. The molecule has 0 saturated heterocycles. The number of halogens is 1. The molecule has 4 heteroatoms. The lowest BCUT2D eigenvalue weighted by Gasteiger charge is -1.97. The van der Waals surface area contributed by atoms with Crippen LogP contribution >= 0.6 is 0 Å². The zero-order valence-corrected chi connectivity index (χ0v) is 12.3. The molecule has 0 spiro atoms. The van der Waals surface area contributed by atoms with Gasteiger partial charge in [0.1, 0.15) is 17.7 Å². The number of hydrogen-bond acceptors (Lipinski definition) is 2. The van der Waals surface area contributed by atoms with Crippen LogP contribution in [-0.2, 0) is 0 Å². The molecular weight excluding hydrogens is 277 g/mol. The van der Waals surface area contributed by atoms with Gasteiger partial charge in [0.25, 0.3) is 0 Å². The smallest absolute Gasteiger partial charge is 0.149 e. The topological polar surface area (TPSA) is 52.5 Å². The lowest BCUT2D eigenvalue weighted by molar-refractivity contribution is 0.628. The van der Waals surface area contributed by atoms with Crippen molar-refractivity contribution in [1.82, 2.24) is 9.97 Å². The van der Waals surface area contributed by atoms with E-state index in [1.807, 2.05) is 26.0 Å². The molecule has 22 heavy (non-hydrogen) atoms. The summed E-state index contributed by atoms with van der Waals surface area (Å²) in [6.07, 6.45) is 1.69. The van der Waals surface area contributed by atoms with Gasteiger partial charge in [-0.05, 0) is 60.9 Å². The van der Waals surface area contributed by atoms with Crippen LogP contribution in [0, 0.1) is 31.0 Å². The quantitative estimate of drug-likeness (QED) is 0.712. The van der Waals surface area contributed by atoms with Crippen molar-refractivity contribution >= 4 is 22.7 Å². The maximum absolute atomic E-state index is 12.9.